The number of carbonyl (C=O) groups is 1. The molecule has 0 bridgehead atoms. The van der Waals surface area contributed by atoms with Crippen molar-refractivity contribution in [2.45, 2.75) is 52.2 Å². The predicted molar refractivity (Wildman–Crippen MR) is 155 cm³/mol. The van der Waals surface area contributed by atoms with E-state index in [2.05, 4.69) is 32.1 Å². The van der Waals surface area contributed by atoms with Crippen molar-refractivity contribution < 1.29 is 14.3 Å². The van der Waals surface area contributed by atoms with Crippen molar-refractivity contribution in [3.05, 3.63) is 60.0 Å². The van der Waals surface area contributed by atoms with Gasteiger partial charge in [-0.15, -0.1) is 0 Å². The number of imidazole rings is 1. The highest BCUT2D eigenvalue weighted by Gasteiger charge is 2.31. The number of aryl methyl sites for hydroxylation is 2. The molecule has 1 aliphatic rings. The highest BCUT2D eigenvalue weighted by atomic mass is 16.6. The maximum Gasteiger partial charge on any atom is 0.411 e. The molecular formula is C30H33N7O3. The summed E-state index contributed by atoms with van der Waals surface area (Å²) in [5.41, 5.74) is 9.54. The number of fused-ring (bicyclic) bond motifs is 1. The van der Waals surface area contributed by atoms with Crippen molar-refractivity contribution in [1.82, 2.24) is 24.4 Å². The van der Waals surface area contributed by atoms with Crippen molar-refractivity contribution in [2.24, 2.45) is 7.05 Å². The van der Waals surface area contributed by atoms with Crippen LogP contribution >= 0.6 is 0 Å². The highest BCUT2D eigenvalue weighted by molar-refractivity contribution is 5.77. The summed E-state index contributed by atoms with van der Waals surface area (Å²) in [4.78, 5) is 27.2. The maximum atomic E-state index is 12.6. The Bertz CT molecular complexity index is 1630. The van der Waals surface area contributed by atoms with E-state index >= 15 is 0 Å². The van der Waals surface area contributed by atoms with Crippen molar-refractivity contribution >= 4 is 34.6 Å². The monoisotopic (exact) mass is 539 g/mol. The van der Waals surface area contributed by atoms with E-state index < -0.39 is 5.60 Å². The Kier molecular flexibility index (Phi) is 7.22. The number of ether oxygens (including phenoxy) is 2. The summed E-state index contributed by atoms with van der Waals surface area (Å²) in [5, 5.41) is 3.31. The van der Waals surface area contributed by atoms with Gasteiger partial charge < -0.3 is 25.1 Å². The third kappa shape index (κ3) is 6.10. The van der Waals surface area contributed by atoms with Crippen molar-refractivity contribution in [2.75, 3.05) is 17.6 Å². The summed E-state index contributed by atoms with van der Waals surface area (Å²) in [5.74, 6) is 8.41. The smallest absolute Gasteiger partial charge is 0.411 e. The molecule has 0 spiro atoms. The number of carbonyl (C=O) groups excluding carboxylic acids is 1. The molecule has 0 saturated carbocycles. The summed E-state index contributed by atoms with van der Waals surface area (Å²) in [6, 6.07) is 11.4. The van der Waals surface area contributed by atoms with Gasteiger partial charge in [0, 0.05) is 25.3 Å². The highest BCUT2D eigenvalue weighted by Crippen LogP contribution is 2.30. The largest absolute Gasteiger partial charge is 0.457 e. The van der Waals surface area contributed by atoms with Gasteiger partial charge in [0.1, 0.15) is 17.1 Å². The third-order valence-electron chi connectivity index (χ3n) is 6.42. The number of hydrogen-bond donors (Lipinski definition) is 2. The Balaban J connectivity index is 1.32. The molecule has 4 aromatic rings. The Labute approximate surface area is 233 Å². The Morgan fingerprint density at radius 1 is 1.18 bits per heavy atom. The second-order valence-electron chi connectivity index (χ2n) is 10.8. The van der Waals surface area contributed by atoms with Crippen LogP contribution in [0.15, 0.2) is 48.9 Å². The molecule has 3 N–H and O–H groups in total. The van der Waals surface area contributed by atoms with E-state index in [1.54, 1.807) is 17.4 Å². The summed E-state index contributed by atoms with van der Waals surface area (Å²) in [7, 11) is 1.96. The van der Waals surface area contributed by atoms with Crippen LogP contribution in [0.1, 0.15) is 44.7 Å². The molecule has 3 heterocycles. The molecule has 40 heavy (non-hydrogen) atoms. The number of nitrogens with two attached hydrogens (primary N) is 1. The summed E-state index contributed by atoms with van der Waals surface area (Å²) in [6.45, 7) is 8.15. The van der Waals surface area contributed by atoms with Crippen molar-refractivity contribution in [1.29, 1.82) is 0 Å². The normalized spacial score (nSPS) is 15.0. The molecule has 1 aliphatic heterocycles. The molecule has 1 unspecified atom stereocenters. The van der Waals surface area contributed by atoms with Gasteiger partial charge in [-0.2, -0.15) is 4.98 Å². The number of nitrogens with one attached hydrogen (secondary N) is 1. The van der Waals surface area contributed by atoms with Gasteiger partial charge in [-0.1, -0.05) is 11.8 Å². The van der Waals surface area contributed by atoms with E-state index in [4.69, 9.17) is 15.2 Å². The van der Waals surface area contributed by atoms with Crippen LogP contribution in [0.4, 0.5) is 22.2 Å². The topological polar surface area (TPSA) is 120 Å². The Morgan fingerprint density at radius 2 is 2.00 bits per heavy atom. The fourth-order valence-electron chi connectivity index (χ4n) is 4.48. The standard InChI is InChI=1S/C30H33N7O3/c1-19-15-21(9-13-26(19)39-23-11-12-25-24(16-23)33-18-36(25)5)34-27-20(17-32-28(31)35-27)8-10-22-7-6-14-37(22)29(38)40-30(2,3)4/h9,11-13,15-18,22H,6-7,14H2,1-5H3,(H3,31,32,34,35). The second kappa shape index (κ2) is 10.8. The Hall–Kier alpha value is -4.78. The molecule has 2 aromatic carbocycles. The predicted octanol–water partition coefficient (Wildman–Crippen LogP) is 5.54. The van der Waals surface area contributed by atoms with E-state index in [1.165, 1.54) is 0 Å². The third-order valence-corrected chi connectivity index (χ3v) is 6.42. The minimum Gasteiger partial charge on any atom is -0.457 e. The average Bonchev–Trinajstić information content (AvgIpc) is 3.51. The summed E-state index contributed by atoms with van der Waals surface area (Å²) in [6.07, 6.45) is 4.66. The van der Waals surface area contributed by atoms with E-state index in [-0.39, 0.29) is 18.1 Å². The van der Waals surface area contributed by atoms with Crippen LogP contribution < -0.4 is 15.8 Å². The molecule has 0 aliphatic carbocycles. The molecule has 1 fully saturated rings. The quantitative estimate of drug-likeness (QED) is 0.324. The molecule has 1 amide bonds. The number of nitrogen functional groups attached to an aromatic ring is 1. The molecule has 5 rings (SSSR count). The number of hydrogen-bond acceptors (Lipinski definition) is 8. The van der Waals surface area contributed by atoms with Crippen LogP contribution in [0.2, 0.25) is 0 Å². The zero-order valence-corrected chi connectivity index (χ0v) is 23.4. The Morgan fingerprint density at radius 3 is 2.77 bits per heavy atom. The van der Waals surface area contributed by atoms with E-state index in [9.17, 15) is 4.79 Å². The average molecular weight is 540 g/mol. The molecule has 2 aromatic heterocycles. The van der Waals surface area contributed by atoms with E-state index in [0.29, 0.717) is 23.7 Å². The lowest BCUT2D eigenvalue weighted by molar-refractivity contribution is 0.0261. The molecular weight excluding hydrogens is 506 g/mol. The zero-order valence-electron chi connectivity index (χ0n) is 23.4. The summed E-state index contributed by atoms with van der Waals surface area (Å²) >= 11 is 0. The fourth-order valence-corrected chi connectivity index (χ4v) is 4.48. The van der Waals surface area contributed by atoms with E-state index in [1.807, 2.05) is 75.7 Å². The zero-order chi connectivity index (χ0) is 28.4. The fraction of sp³-hybridized carbons (Fsp3) is 0.333. The minimum absolute atomic E-state index is 0.130. The number of nitrogens with zero attached hydrogens (tertiary/aromatic N) is 5. The van der Waals surface area contributed by atoms with E-state index in [0.717, 1.165) is 40.9 Å². The lowest BCUT2D eigenvalue weighted by atomic mass is 10.2. The maximum absolute atomic E-state index is 12.6. The number of rotatable bonds is 4. The first-order valence-corrected chi connectivity index (χ1v) is 13.2. The van der Waals surface area contributed by atoms with Crippen LogP contribution in [0, 0.1) is 18.8 Å². The molecule has 10 nitrogen and oxygen atoms in total. The van der Waals surface area contributed by atoms with Gasteiger partial charge in [0.25, 0.3) is 0 Å². The minimum atomic E-state index is -0.565. The van der Waals surface area contributed by atoms with Crippen LogP contribution in [-0.4, -0.2) is 48.7 Å². The lowest BCUT2D eigenvalue weighted by Gasteiger charge is -2.26. The molecule has 10 heteroatoms. The van der Waals surface area contributed by atoms with Gasteiger partial charge in [-0.3, -0.25) is 4.90 Å². The first-order valence-electron chi connectivity index (χ1n) is 13.2. The molecule has 1 atom stereocenters. The van der Waals surface area contributed by atoms with Crippen molar-refractivity contribution in [3.63, 3.8) is 0 Å². The van der Waals surface area contributed by atoms with Gasteiger partial charge in [-0.05, 0) is 76.4 Å². The van der Waals surface area contributed by atoms with Crippen LogP contribution in [-0.2, 0) is 11.8 Å². The summed E-state index contributed by atoms with van der Waals surface area (Å²) < 4.78 is 13.7. The van der Waals surface area contributed by atoms with Crippen LogP contribution in [0.25, 0.3) is 11.0 Å². The SMILES string of the molecule is Cc1cc(Nc2nc(N)ncc2C#CC2CCCN2C(=O)OC(C)(C)C)ccc1Oc1ccc2c(c1)ncn2C. The van der Waals surface area contributed by atoms with Gasteiger partial charge in [0.2, 0.25) is 5.95 Å². The van der Waals surface area contributed by atoms with Gasteiger partial charge in [0.05, 0.1) is 35.2 Å². The first kappa shape index (κ1) is 26.8. The second-order valence-corrected chi connectivity index (χ2v) is 10.8. The lowest BCUT2D eigenvalue weighted by Crippen LogP contribution is -2.39. The van der Waals surface area contributed by atoms with Gasteiger partial charge in [-0.25, -0.2) is 14.8 Å². The molecule has 0 radical (unpaired) electrons. The molecule has 1 saturated heterocycles. The van der Waals surface area contributed by atoms with Gasteiger partial charge in [0.15, 0.2) is 5.82 Å². The van der Waals surface area contributed by atoms with Crippen LogP contribution in [0.3, 0.4) is 0 Å². The number of anilines is 3. The van der Waals surface area contributed by atoms with Crippen molar-refractivity contribution in [3.8, 4) is 23.3 Å². The first-order chi connectivity index (χ1) is 19.1. The molecule has 206 valence electrons. The van der Waals surface area contributed by atoms with Crippen LogP contribution in [0.5, 0.6) is 11.5 Å². The number of amides is 1. The number of likely N-dealkylation sites (tertiary alicyclic amines) is 1. The van der Waals surface area contributed by atoms with Gasteiger partial charge >= 0.3 is 6.09 Å². The number of aromatic nitrogens is 4. The number of benzene rings is 2.